The van der Waals surface area contributed by atoms with E-state index in [1.54, 1.807) is 60.5 Å². The van der Waals surface area contributed by atoms with Gasteiger partial charge in [0.25, 0.3) is 10.0 Å². The van der Waals surface area contributed by atoms with Crippen molar-refractivity contribution in [2.24, 2.45) is 0 Å². The summed E-state index contributed by atoms with van der Waals surface area (Å²) in [7, 11) is -3.81. The van der Waals surface area contributed by atoms with Crippen molar-refractivity contribution in [3.05, 3.63) is 77.6 Å². The lowest BCUT2D eigenvalue weighted by Gasteiger charge is -2.25. The molecule has 188 valence electrons. The molecular weight excluding hydrogens is 492 g/mol. The summed E-state index contributed by atoms with van der Waals surface area (Å²) in [5.41, 5.74) is 3.11. The summed E-state index contributed by atoms with van der Waals surface area (Å²) < 4.78 is 36.8. The Balaban J connectivity index is 1.20. The number of rotatable bonds is 6. The highest BCUT2D eigenvalue weighted by atomic mass is 32.2. The van der Waals surface area contributed by atoms with Gasteiger partial charge in [-0.05, 0) is 74.2 Å². The predicted molar refractivity (Wildman–Crippen MR) is 137 cm³/mol. The summed E-state index contributed by atoms with van der Waals surface area (Å²) >= 11 is 0. The van der Waals surface area contributed by atoms with Crippen LogP contribution < -0.4 is 14.4 Å². The zero-order valence-electron chi connectivity index (χ0n) is 20.3. The highest BCUT2D eigenvalue weighted by Crippen LogP contribution is 2.38. The van der Waals surface area contributed by atoms with Crippen LogP contribution >= 0.6 is 0 Å². The molecule has 0 fully saturated rings. The molecule has 0 unspecified atom stereocenters. The van der Waals surface area contributed by atoms with Gasteiger partial charge >= 0.3 is 0 Å². The molecule has 2 aliphatic heterocycles. The molecular formula is C26H24N6O4S. The molecule has 0 saturated carbocycles. The van der Waals surface area contributed by atoms with Crippen LogP contribution in [-0.4, -0.2) is 40.4 Å². The molecule has 0 aliphatic carbocycles. The van der Waals surface area contributed by atoms with Crippen LogP contribution in [0.2, 0.25) is 0 Å². The van der Waals surface area contributed by atoms with Gasteiger partial charge in [-0.15, -0.1) is 0 Å². The van der Waals surface area contributed by atoms with Crippen molar-refractivity contribution < 1.29 is 17.9 Å². The Morgan fingerprint density at radius 2 is 1.73 bits per heavy atom. The molecule has 1 N–H and O–H groups in total. The average molecular weight is 517 g/mol. The van der Waals surface area contributed by atoms with E-state index in [-0.39, 0.29) is 10.8 Å². The quantitative estimate of drug-likeness (QED) is 0.415. The maximum Gasteiger partial charge on any atom is 0.261 e. The van der Waals surface area contributed by atoms with E-state index >= 15 is 0 Å². The summed E-state index contributed by atoms with van der Waals surface area (Å²) in [5, 5.41) is 0. The Kier molecular flexibility index (Phi) is 5.45. The SMILES string of the molecule is Cc1nc(Oc2ccc(NS(=O)(=O)c3cc4c5c(c3)CCN5C(=O)CC4)cc2)cc(-n2ccnc2C)n1. The lowest BCUT2D eigenvalue weighted by Crippen LogP contribution is -2.33. The number of nitrogens with zero attached hydrogens (tertiary/aromatic N) is 5. The molecule has 11 heteroatoms. The molecule has 0 bridgehead atoms. The number of amides is 1. The number of sulfonamides is 1. The lowest BCUT2D eigenvalue weighted by atomic mass is 10.00. The first-order chi connectivity index (χ1) is 17.8. The largest absolute Gasteiger partial charge is 0.439 e. The van der Waals surface area contributed by atoms with Crippen molar-refractivity contribution in [3.63, 3.8) is 0 Å². The van der Waals surface area contributed by atoms with E-state index in [0.29, 0.717) is 54.8 Å². The summed E-state index contributed by atoms with van der Waals surface area (Å²) in [6.45, 7) is 4.27. The first-order valence-electron chi connectivity index (χ1n) is 11.9. The van der Waals surface area contributed by atoms with Gasteiger partial charge in [-0.25, -0.2) is 18.4 Å². The fourth-order valence-electron chi connectivity index (χ4n) is 4.83. The number of aromatic nitrogens is 4. The van der Waals surface area contributed by atoms with Crippen molar-refractivity contribution in [2.75, 3.05) is 16.2 Å². The van der Waals surface area contributed by atoms with Crippen molar-refractivity contribution in [1.29, 1.82) is 0 Å². The molecule has 0 radical (unpaired) electrons. The van der Waals surface area contributed by atoms with Crippen LogP contribution in [0.25, 0.3) is 5.82 Å². The number of carbonyl (C=O) groups is 1. The van der Waals surface area contributed by atoms with Crippen molar-refractivity contribution >= 4 is 27.3 Å². The van der Waals surface area contributed by atoms with Crippen molar-refractivity contribution in [2.45, 2.75) is 38.0 Å². The maximum atomic E-state index is 13.2. The van der Waals surface area contributed by atoms with E-state index < -0.39 is 10.0 Å². The number of benzene rings is 2. The van der Waals surface area contributed by atoms with Crippen LogP contribution in [0.1, 0.15) is 29.2 Å². The van der Waals surface area contributed by atoms with E-state index in [4.69, 9.17) is 4.74 Å². The minimum Gasteiger partial charge on any atom is -0.439 e. The number of imidazole rings is 1. The molecule has 2 aromatic carbocycles. The predicted octanol–water partition coefficient (Wildman–Crippen LogP) is 3.71. The van der Waals surface area contributed by atoms with Crippen LogP contribution in [0.4, 0.5) is 11.4 Å². The first-order valence-corrected chi connectivity index (χ1v) is 13.4. The fraction of sp³-hybridized carbons (Fsp3) is 0.231. The van der Waals surface area contributed by atoms with Gasteiger partial charge in [-0.3, -0.25) is 14.1 Å². The molecule has 0 saturated heterocycles. The Hall–Kier alpha value is -4.25. The number of anilines is 2. The average Bonchev–Trinajstić information content (AvgIpc) is 3.49. The highest BCUT2D eigenvalue weighted by Gasteiger charge is 2.33. The first kappa shape index (κ1) is 23.2. The second-order valence-electron chi connectivity index (χ2n) is 9.07. The number of hydrogen-bond donors (Lipinski definition) is 1. The number of hydrogen-bond acceptors (Lipinski definition) is 7. The van der Waals surface area contributed by atoms with Gasteiger partial charge in [-0.1, -0.05) is 0 Å². The second-order valence-corrected chi connectivity index (χ2v) is 10.8. The minimum absolute atomic E-state index is 0.104. The van der Waals surface area contributed by atoms with Crippen molar-refractivity contribution in [3.8, 4) is 17.4 Å². The molecule has 0 atom stereocenters. The smallest absolute Gasteiger partial charge is 0.261 e. The molecule has 4 heterocycles. The molecule has 4 aromatic rings. The summed E-state index contributed by atoms with van der Waals surface area (Å²) in [6.07, 6.45) is 5.13. The standard InChI is InChI=1S/C26H24N6O4S/c1-16-28-23(31-12-10-27-17(31)2)15-24(29-16)36-21-6-4-20(5-7-21)30-37(34,35)22-13-18-3-8-25(33)32-11-9-19(14-22)26(18)32/h4-7,10,12-15,30H,3,8-9,11H2,1-2H3. The number of carbonyl (C=O) groups excluding carboxylic acids is 1. The number of ether oxygens (including phenoxy) is 1. The van der Waals surface area contributed by atoms with Gasteiger partial charge in [0.1, 0.15) is 23.2 Å². The molecule has 2 aromatic heterocycles. The highest BCUT2D eigenvalue weighted by molar-refractivity contribution is 7.92. The molecule has 37 heavy (non-hydrogen) atoms. The van der Waals surface area contributed by atoms with Crippen LogP contribution in [0, 0.1) is 13.8 Å². The summed E-state index contributed by atoms with van der Waals surface area (Å²) in [5.74, 6) is 2.95. The second kappa shape index (κ2) is 8.70. The number of aryl methyl sites for hydroxylation is 3. The van der Waals surface area contributed by atoms with Crippen LogP contribution in [-0.2, 0) is 27.7 Å². The molecule has 1 amide bonds. The summed E-state index contributed by atoms with van der Waals surface area (Å²) in [4.78, 5) is 27.2. The van der Waals surface area contributed by atoms with E-state index in [0.717, 1.165) is 22.6 Å². The third-order valence-corrected chi connectivity index (χ3v) is 7.90. The molecule has 10 nitrogen and oxygen atoms in total. The third kappa shape index (κ3) is 4.31. The van der Waals surface area contributed by atoms with Crippen molar-refractivity contribution in [1.82, 2.24) is 19.5 Å². The molecule has 0 spiro atoms. The van der Waals surface area contributed by atoms with E-state index in [2.05, 4.69) is 19.7 Å². The van der Waals surface area contributed by atoms with E-state index in [9.17, 15) is 13.2 Å². The molecule has 6 rings (SSSR count). The van der Waals surface area contributed by atoms with Gasteiger partial charge < -0.3 is 9.64 Å². The van der Waals surface area contributed by atoms with Gasteiger partial charge in [0.15, 0.2) is 0 Å². The minimum atomic E-state index is -3.81. The normalized spacial score (nSPS) is 14.5. The van der Waals surface area contributed by atoms with Crippen LogP contribution in [0.15, 0.2) is 59.8 Å². The monoisotopic (exact) mass is 516 g/mol. The summed E-state index contributed by atoms with van der Waals surface area (Å²) in [6, 6.07) is 11.7. The topological polar surface area (TPSA) is 119 Å². The van der Waals surface area contributed by atoms with E-state index in [1.807, 2.05) is 17.7 Å². The Labute approximate surface area is 214 Å². The molecule has 2 aliphatic rings. The van der Waals surface area contributed by atoms with Crippen LogP contribution in [0.5, 0.6) is 11.6 Å². The van der Waals surface area contributed by atoms with Gasteiger partial charge in [0.05, 0.1) is 10.6 Å². The third-order valence-electron chi connectivity index (χ3n) is 6.54. The van der Waals surface area contributed by atoms with Gasteiger partial charge in [0.2, 0.25) is 11.8 Å². The zero-order valence-corrected chi connectivity index (χ0v) is 21.1. The Bertz CT molecular complexity index is 1650. The Morgan fingerprint density at radius 1 is 0.973 bits per heavy atom. The van der Waals surface area contributed by atoms with E-state index in [1.165, 1.54) is 0 Å². The maximum absolute atomic E-state index is 13.2. The van der Waals surface area contributed by atoms with Crippen LogP contribution in [0.3, 0.4) is 0 Å². The lowest BCUT2D eigenvalue weighted by molar-refractivity contribution is -0.118. The Morgan fingerprint density at radius 3 is 2.46 bits per heavy atom. The number of nitrogens with one attached hydrogen (secondary N) is 1. The fourth-order valence-corrected chi connectivity index (χ4v) is 5.99. The van der Waals surface area contributed by atoms with Gasteiger partial charge in [0, 0.05) is 37.1 Å². The van der Waals surface area contributed by atoms with Gasteiger partial charge in [-0.2, -0.15) is 4.98 Å². The zero-order chi connectivity index (χ0) is 25.7.